The highest BCUT2D eigenvalue weighted by molar-refractivity contribution is 7.90. The van der Waals surface area contributed by atoms with E-state index in [1.54, 1.807) is 24.3 Å². The molecule has 39 heavy (non-hydrogen) atoms. The minimum atomic E-state index is -4.41. The summed E-state index contributed by atoms with van der Waals surface area (Å²) in [6.07, 6.45) is -1.36. The van der Waals surface area contributed by atoms with Crippen molar-refractivity contribution >= 4 is 32.1 Å². The first-order valence-corrected chi connectivity index (χ1v) is 14.7. The van der Waals surface area contributed by atoms with E-state index in [-0.39, 0.29) is 23.2 Å². The molecular formula is C28H33F3N4O3S. The highest BCUT2D eigenvalue weighted by Gasteiger charge is 2.30. The van der Waals surface area contributed by atoms with Gasteiger partial charge in [-0.3, -0.25) is 0 Å². The standard InChI is InChI=1S/C28H33F3N4O3S/c1-4-34-15-12-20(13-16-34)33-24-8-5-9-26-23(24)17-21(35(26)19-28(29,30)31)7-6-14-32-25-11-10-22(39(3,36)37)18-27(25)38-2/h5,8-11,17-18,20,32-33H,4,12-16,19H2,1-3H3. The van der Waals surface area contributed by atoms with Crippen molar-refractivity contribution in [3.8, 4) is 17.6 Å². The molecule has 2 heterocycles. The number of halogens is 3. The molecule has 2 aromatic carbocycles. The second kappa shape index (κ2) is 11.8. The number of hydrogen-bond acceptors (Lipinski definition) is 6. The summed E-state index contributed by atoms with van der Waals surface area (Å²) >= 11 is 0. The van der Waals surface area contributed by atoms with Gasteiger partial charge in [-0.25, -0.2) is 8.42 Å². The number of benzene rings is 2. The van der Waals surface area contributed by atoms with E-state index in [9.17, 15) is 21.6 Å². The van der Waals surface area contributed by atoms with Crippen LogP contribution in [-0.2, 0) is 16.4 Å². The van der Waals surface area contributed by atoms with Crippen molar-refractivity contribution in [1.29, 1.82) is 0 Å². The lowest BCUT2D eigenvalue weighted by molar-refractivity contribution is -0.140. The number of anilines is 2. The van der Waals surface area contributed by atoms with E-state index < -0.39 is 22.6 Å². The fraction of sp³-hybridized carbons (Fsp3) is 0.429. The molecule has 0 aliphatic carbocycles. The maximum Gasteiger partial charge on any atom is 0.406 e. The summed E-state index contributed by atoms with van der Waals surface area (Å²) in [7, 11) is -1.98. The van der Waals surface area contributed by atoms with Gasteiger partial charge < -0.3 is 24.8 Å². The molecular weight excluding hydrogens is 529 g/mol. The first-order chi connectivity index (χ1) is 18.5. The number of aromatic nitrogens is 1. The third kappa shape index (κ3) is 7.19. The fourth-order valence-corrected chi connectivity index (χ4v) is 5.44. The normalized spacial score (nSPS) is 15.1. The molecule has 0 amide bonds. The van der Waals surface area contributed by atoms with E-state index in [1.807, 2.05) is 6.07 Å². The molecule has 1 aliphatic heterocycles. The molecule has 210 valence electrons. The van der Waals surface area contributed by atoms with Gasteiger partial charge in [0.1, 0.15) is 12.3 Å². The summed E-state index contributed by atoms with van der Waals surface area (Å²) in [6, 6.07) is 11.7. The molecule has 0 atom stereocenters. The van der Waals surface area contributed by atoms with Crippen LogP contribution in [0.25, 0.3) is 10.9 Å². The molecule has 7 nitrogen and oxygen atoms in total. The molecule has 1 aliphatic rings. The molecule has 4 rings (SSSR count). The molecule has 1 saturated heterocycles. The van der Waals surface area contributed by atoms with Gasteiger partial charge in [-0.2, -0.15) is 13.2 Å². The van der Waals surface area contributed by atoms with Crippen LogP contribution in [0.4, 0.5) is 24.5 Å². The van der Waals surface area contributed by atoms with Gasteiger partial charge in [0.25, 0.3) is 0 Å². The van der Waals surface area contributed by atoms with Crippen LogP contribution in [0.15, 0.2) is 47.4 Å². The van der Waals surface area contributed by atoms with Crippen LogP contribution in [0.1, 0.15) is 25.5 Å². The number of likely N-dealkylation sites (tertiary alicyclic amines) is 1. The van der Waals surface area contributed by atoms with Gasteiger partial charge in [0.2, 0.25) is 0 Å². The van der Waals surface area contributed by atoms with Crippen molar-refractivity contribution in [3.63, 3.8) is 0 Å². The lowest BCUT2D eigenvalue weighted by Gasteiger charge is -2.32. The SMILES string of the molecule is CCN1CCC(Nc2cccc3c2cc(C#CCNc2ccc(S(C)(=O)=O)cc2OC)n3CC(F)(F)F)CC1. The monoisotopic (exact) mass is 562 g/mol. The molecule has 2 N–H and O–H groups in total. The zero-order valence-electron chi connectivity index (χ0n) is 22.2. The van der Waals surface area contributed by atoms with Crippen LogP contribution in [0.5, 0.6) is 5.75 Å². The van der Waals surface area contributed by atoms with Crippen molar-refractivity contribution in [2.45, 2.75) is 43.4 Å². The highest BCUT2D eigenvalue weighted by atomic mass is 32.2. The number of ether oxygens (including phenoxy) is 1. The van der Waals surface area contributed by atoms with Crippen LogP contribution in [0.3, 0.4) is 0 Å². The van der Waals surface area contributed by atoms with Crippen LogP contribution in [0.2, 0.25) is 0 Å². The van der Waals surface area contributed by atoms with Gasteiger partial charge in [-0.1, -0.05) is 18.9 Å². The Morgan fingerprint density at radius 1 is 1.10 bits per heavy atom. The number of hydrogen-bond donors (Lipinski definition) is 2. The summed E-state index contributed by atoms with van der Waals surface area (Å²) < 4.78 is 70.7. The van der Waals surface area contributed by atoms with E-state index in [4.69, 9.17) is 4.74 Å². The van der Waals surface area contributed by atoms with Gasteiger partial charge in [0.15, 0.2) is 9.84 Å². The third-order valence-corrected chi connectivity index (χ3v) is 7.97. The number of alkyl halides is 3. The second-order valence-electron chi connectivity index (χ2n) is 9.61. The van der Waals surface area contributed by atoms with E-state index in [0.29, 0.717) is 22.3 Å². The second-order valence-corrected chi connectivity index (χ2v) is 11.6. The average Bonchev–Trinajstić information content (AvgIpc) is 3.23. The predicted molar refractivity (Wildman–Crippen MR) is 148 cm³/mol. The number of sulfone groups is 1. The Hall–Kier alpha value is -3.36. The van der Waals surface area contributed by atoms with Crippen LogP contribution in [0, 0.1) is 11.8 Å². The third-order valence-electron chi connectivity index (χ3n) is 6.86. The van der Waals surface area contributed by atoms with E-state index in [2.05, 4.69) is 34.3 Å². The molecule has 3 aromatic rings. The zero-order valence-corrected chi connectivity index (χ0v) is 23.0. The quantitative estimate of drug-likeness (QED) is 0.378. The minimum Gasteiger partial charge on any atom is -0.495 e. The molecule has 1 aromatic heterocycles. The van der Waals surface area contributed by atoms with Crippen molar-refractivity contribution < 1.29 is 26.3 Å². The van der Waals surface area contributed by atoms with Crippen LogP contribution < -0.4 is 15.4 Å². The van der Waals surface area contributed by atoms with Gasteiger partial charge in [0.05, 0.1) is 35.4 Å². The van der Waals surface area contributed by atoms with Crippen molar-refractivity contribution in [2.24, 2.45) is 0 Å². The fourth-order valence-electron chi connectivity index (χ4n) is 4.80. The Balaban J connectivity index is 1.58. The zero-order chi connectivity index (χ0) is 28.2. The first-order valence-electron chi connectivity index (χ1n) is 12.8. The number of fused-ring (bicyclic) bond motifs is 1. The molecule has 1 fully saturated rings. The molecule has 0 saturated carbocycles. The Labute approximate surface area is 227 Å². The van der Waals surface area contributed by atoms with E-state index in [1.165, 1.54) is 23.8 Å². The lowest BCUT2D eigenvalue weighted by Crippen LogP contribution is -2.38. The maximum absolute atomic E-state index is 13.5. The highest BCUT2D eigenvalue weighted by Crippen LogP contribution is 2.31. The smallest absolute Gasteiger partial charge is 0.406 e. The Bertz CT molecular complexity index is 1480. The molecule has 11 heteroatoms. The predicted octanol–water partition coefficient (Wildman–Crippen LogP) is 4.98. The van der Waals surface area contributed by atoms with Crippen molar-refractivity contribution in [3.05, 3.63) is 48.2 Å². The summed E-state index contributed by atoms with van der Waals surface area (Å²) in [4.78, 5) is 2.50. The topological polar surface area (TPSA) is 75.6 Å². The molecule has 0 spiro atoms. The lowest BCUT2D eigenvalue weighted by atomic mass is 10.0. The molecule has 0 bridgehead atoms. The number of methoxy groups -OCH3 is 1. The summed E-state index contributed by atoms with van der Waals surface area (Å²) in [5, 5.41) is 7.30. The number of piperidine rings is 1. The Morgan fingerprint density at radius 3 is 2.49 bits per heavy atom. The maximum atomic E-state index is 13.5. The van der Waals surface area contributed by atoms with Crippen LogP contribution >= 0.6 is 0 Å². The van der Waals surface area contributed by atoms with Crippen LogP contribution in [-0.4, -0.2) is 69.6 Å². The molecule has 0 radical (unpaired) electrons. The average molecular weight is 563 g/mol. The summed E-state index contributed by atoms with van der Waals surface area (Å²) in [5.74, 6) is 6.11. The number of rotatable bonds is 8. The first kappa shape index (κ1) is 28.6. The Morgan fingerprint density at radius 2 is 1.85 bits per heavy atom. The number of nitrogens with one attached hydrogen (secondary N) is 2. The summed E-state index contributed by atoms with van der Waals surface area (Å²) in [5.41, 5.74) is 2.06. The van der Waals surface area contributed by atoms with Crippen molar-refractivity contribution in [1.82, 2.24) is 9.47 Å². The molecule has 0 unspecified atom stereocenters. The minimum absolute atomic E-state index is 0.114. The van der Waals surface area contributed by atoms with E-state index in [0.717, 1.165) is 44.4 Å². The van der Waals surface area contributed by atoms with Crippen molar-refractivity contribution in [2.75, 3.05) is 50.2 Å². The largest absolute Gasteiger partial charge is 0.495 e. The van der Waals surface area contributed by atoms with Gasteiger partial charge in [0, 0.05) is 42.5 Å². The number of nitrogens with zero attached hydrogens (tertiary/aromatic N) is 2. The Kier molecular flexibility index (Phi) is 8.67. The summed E-state index contributed by atoms with van der Waals surface area (Å²) in [6.45, 7) is 4.10. The van der Waals surface area contributed by atoms with Gasteiger partial charge in [-0.15, -0.1) is 0 Å². The van der Waals surface area contributed by atoms with E-state index >= 15 is 0 Å². The van der Waals surface area contributed by atoms with Gasteiger partial charge in [-0.05, 0) is 55.6 Å². The van der Waals surface area contributed by atoms with Gasteiger partial charge >= 0.3 is 6.18 Å².